The summed E-state index contributed by atoms with van der Waals surface area (Å²) >= 11 is 7.86. The lowest BCUT2D eigenvalue weighted by atomic mass is 10.1. The van der Waals surface area contributed by atoms with Gasteiger partial charge in [-0.3, -0.25) is 9.69 Å². The van der Waals surface area contributed by atoms with Gasteiger partial charge in [0.15, 0.2) is 0 Å². The lowest BCUT2D eigenvalue weighted by molar-refractivity contribution is -0.145. The average Bonchev–Trinajstić information content (AvgIpc) is 3.19. The molecule has 170 valence electrons. The number of benzene rings is 2. The molecular formula is C24H24ClN5O2S. The zero-order valence-corrected chi connectivity index (χ0v) is 19.8. The summed E-state index contributed by atoms with van der Waals surface area (Å²) in [5.74, 6) is 0.537. The van der Waals surface area contributed by atoms with E-state index in [4.69, 9.17) is 22.1 Å². The highest BCUT2D eigenvalue weighted by molar-refractivity contribution is 7.19. The molecule has 4 aromatic rings. The maximum atomic E-state index is 13.4. The van der Waals surface area contributed by atoms with Gasteiger partial charge in [0, 0.05) is 53.3 Å². The fourth-order valence-electron chi connectivity index (χ4n) is 4.34. The number of anilines is 1. The normalized spacial score (nSPS) is 17.3. The number of nitrogen functional groups attached to an aromatic ring is 1. The van der Waals surface area contributed by atoms with E-state index in [1.807, 2.05) is 41.3 Å². The molecule has 0 aliphatic carbocycles. The predicted molar refractivity (Wildman–Crippen MR) is 132 cm³/mol. The molecule has 0 radical (unpaired) electrons. The van der Waals surface area contributed by atoms with Gasteiger partial charge in [0.25, 0.3) is 0 Å². The van der Waals surface area contributed by atoms with E-state index in [-0.39, 0.29) is 11.9 Å². The molecule has 2 aromatic carbocycles. The number of carbonyl (C=O) groups is 1. The van der Waals surface area contributed by atoms with E-state index in [1.54, 1.807) is 18.4 Å². The number of fused-ring (bicyclic) bond motifs is 2. The summed E-state index contributed by atoms with van der Waals surface area (Å²) in [6.07, 6.45) is 1.46. The van der Waals surface area contributed by atoms with Crippen molar-refractivity contribution >= 4 is 55.7 Å². The molecule has 3 heterocycles. The lowest BCUT2D eigenvalue weighted by Gasteiger charge is -2.40. The molecule has 9 heteroatoms. The molecule has 5 rings (SSSR count). The summed E-state index contributed by atoms with van der Waals surface area (Å²) < 4.78 is 6.59. The number of nitrogens with two attached hydrogens (primary N) is 1. The maximum Gasteiger partial charge on any atom is 0.242 e. The first-order chi connectivity index (χ1) is 16.0. The summed E-state index contributed by atoms with van der Waals surface area (Å²) in [4.78, 5) is 27.1. The minimum atomic E-state index is -0.323. The van der Waals surface area contributed by atoms with Gasteiger partial charge in [0.1, 0.15) is 18.2 Å². The highest BCUT2D eigenvalue weighted by atomic mass is 35.5. The molecule has 0 saturated carbocycles. The van der Waals surface area contributed by atoms with Crippen LogP contribution in [0.15, 0.2) is 48.8 Å². The Bertz CT molecular complexity index is 1330. The van der Waals surface area contributed by atoms with Crippen molar-refractivity contribution in [2.45, 2.75) is 19.1 Å². The Morgan fingerprint density at radius 2 is 2.03 bits per heavy atom. The van der Waals surface area contributed by atoms with E-state index in [0.29, 0.717) is 32.1 Å². The van der Waals surface area contributed by atoms with Crippen molar-refractivity contribution in [2.24, 2.45) is 0 Å². The zero-order valence-electron chi connectivity index (χ0n) is 18.2. The Labute approximate surface area is 200 Å². The van der Waals surface area contributed by atoms with Gasteiger partial charge in [0.05, 0.1) is 12.1 Å². The number of hydrogen-bond donors (Lipinski definition) is 1. The number of amides is 1. The van der Waals surface area contributed by atoms with Crippen molar-refractivity contribution < 1.29 is 9.53 Å². The summed E-state index contributed by atoms with van der Waals surface area (Å²) in [7, 11) is 1.64. The largest absolute Gasteiger partial charge is 0.383 e. The van der Waals surface area contributed by atoms with Gasteiger partial charge in [-0.25, -0.2) is 9.97 Å². The number of rotatable bonds is 6. The van der Waals surface area contributed by atoms with Crippen molar-refractivity contribution in [3.05, 3.63) is 64.3 Å². The van der Waals surface area contributed by atoms with Crippen LogP contribution in [0.2, 0.25) is 5.02 Å². The molecule has 33 heavy (non-hydrogen) atoms. The maximum absolute atomic E-state index is 13.4. The molecule has 0 spiro atoms. The van der Waals surface area contributed by atoms with E-state index in [2.05, 4.69) is 20.9 Å². The average molecular weight is 482 g/mol. The number of thiophene rings is 1. The molecular weight excluding hydrogens is 458 g/mol. The Balaban J connectivity index is 1.33. The van der Waals surface area contributed by atoms with Crippen LogP contribution in [0.1, 0.15) is 10.4 Å². The molecule has 1 fully saturated rings. The van der Waals surface area contributed by atoms with Crippen molar-refractivity contribution in [2.75, 3.05) is 32.5 Å². The van der Waals surface area contributed by atoms with Crippen LogP contribution >= 0.6 is 22.9 Å². The third-order valence-electron chi connectivity index (χ3n) is 6.02. The van der Waals surface area contributed by atoms with Crippen molar-refractivity contribution in [3.8, 4) is 0 Å². The van der Waals surface area contributed by atoms with Crippen LogP contribution in [0.3, 0.4) is 0 Å². The van der Waals surface area contributed by atoms with Crippen molar-refractivity contribution in [3.63, 3.8) is 0 Å². The van der Waals surface area contributed by atoms with Crippen molar-refractivity contribution in [1.82, 2.24) is 19.8 Å². The quantitative estimate of drug-likeness (QED) is 0.449. The van der Waals surface area contributed by atoms with Crippen molar-refractivity contribution in [1.29, 1.82) is 0 Å². The fraction of sp³-hybridized carbons (Fsp3) is 0.292. The SMILES string of the molecule is COC[C@H]1C(=O)N(Cc2ccc3c(N)ncnc3c2)CCN1Cc1cc2ccc(Cl)cc2s1. The Kier molecular flexibility index (Phi) is 6.16. The Hall–Kier alpha value is -2.78. The Morgan fingerprint density at radius 1 is 1.15 bits per heavy atom. The molecule has 1 atom stereocenters. The third kappa shape index (κ3) is 4.52. The van der Waals surface area contributed by atoms with Crippen LogP contribution in [0.4, 0.5) is 5.82 Å². The second kappa shape index (κ2) is 9.23. The van der Waals surface area contributed by atoms with E-state index in [9.17, 15) is 4.79 Å². The minimum absolute atomic E-state index is 0.0783. The van der Waals surface area contributed by atoms with Gasteiger partial charge >= 0.3 is 0 Å². The number of carbonyl (C=O) groups excluding carboxylic acids is 1. The first kappa shape index (κ1) is 22.0. The predicted octanol–water partition coefficient (Wildman–Crippen LogP) is 3.94. The van der Waals surface area contributed by atoms with E-state index >= 15 is 0 Å². The topological polar surface area (TPSA) is 84.6 Å². The van der Waals surface area contributed by atoms with Crippen LogP contribution in [0, 0.1) is 0 Å². The van der Waals surface area contributed by atoms with Gasteiger partial charge in [-0.05, 0) is 41.3 Å². The second-order valence-corrected chi connectivity index (χ2v) is 9.81. The highest BCUT2D eigenvalue weighted by Crippen LogP contribution is 2.30. The third-order valence-corrected chi connectivity index (χ3v) is 7.33. The van der Waals surface area contributed by atoms with Gasteiger partial charge < -0.3 is 15.4 Å². The first-order valence-corrected chi connectivity index (χ1v) is 11.9. The lowest BCUT2D eigenvalue weighted by Crippen LogP contribution is -2.57. The molecule has 7 nitrogen and oxygen atoms in total. The first-order valence-electron chi connectivity index (χ1n) is 10.7. The summed E-state index contributed by atoms with van der Waals surface area (Å²) in [6.45, 7) is 3.01. The molecule has 2 N–H and O–H groups in total. The zero-order chi connectivity index (χ0) is 22.9. The molecule has 1 saturated heterocycles. The second-order valence-electron chi connectivity index (χ2n) is 8.21. The van der Waals surface area contributed by atoms with E-state index < -0.39 is 0 Å². The molecule has 1 aliphatic heterocycles. The van der Waals surface area contributed by atoms with Crippen LogP contribution in [-0.4, -0.2) is 58.5 Å². The highest BCUT2D eigenvalue weighted by Gasteiger charge is 2.35. The molecule has 2 aromatic heterocycles. The number of methoxy groups -OCH3 is 1. The number of nitrogens with zero attached hydrogens (tertiary/aromatic N) is 4. The minimum Gasteiger partial charge on any atom is -0.383 e. The molecule has 0 unspecified atom stereocenters. The number of hydrogen-bond acceptors (Lipinski definition) is 7. The monoisotopic (exact) mass is 481 g/mol. The molecule has 1 aliphatic rings. The van der Waals surface area contributed by atoms with Gasteiger partial charge in [0.2, 0.25) is 5.91 Å². The van der Waals surface area contributed by atoms with Crippen LogP contribution in [-0.2, 0) is 22.6 Å². The van der Waals surface area contributed by atoms with Crippen LogP contribution in [0.5, 0.6) is 0 Å². The van der Waals surface area contributed by atoms with Crippen LogP contribution < -0.4 is 5.73 Å². The standard InChI is InChI=1S/C24H24ClN5O2S/c1-32-13-21-24(31)30(11-15-2-5-19-20(8-15)27-14-28-23(19)26)7-6-29(21)12-18-9-16-3-4-17(25)10-22(16)33-18/h2-5,8-10,14,21H,6-7,11-13H2,1H3,(H2,26,27,28)/t21-/m0/s1. The smallest absolute Gasteiger partial charge is 0.242 e. The summed E-state index contributed by atoms with van der Waals surface area (Å²) in [6, 6.07) is 13.7. The molecule has 0 bridgehead atoms. The summed E-state index contributed by atoms with van der Waals surface area (Å²) in [5, 5.41) is 2.73. The fourth-order valence-corrected chi connectivity index (χ4v) is 5.71. The number of ether oxygens (including phenoxy) is 1. The Morgan fingerprint density at radius 3 is 2.88 bits per heavy atom. The summed E-state index contributed by atoms with van der Waals surface area (Å²) in [5.41, 5.74) is 7.73. The van der Waals surface area contributed by atoms with Crippen LogP contribution in [0.25, 0.3) is 21.0 Å². The van der Waals surface area contributed by atoms with Gasteiger partial charge in [-0.2, -0.15) is 0 Å². The van der Waals surface area contributed by atoms with E-state index in [1.165, 1.54) is 16.6 Å². The van der Waals surface area contributed by atoms with Gasteiger partial charge in [-0.15, -0.1) is 11.3 Å². The molecule has 1 amide bonds. The number of halogens is 1. The van der Waals surface area contributed by atoms with E-state index in [0.717, 1.165) is 32.7 Å². The van der Waals surface area contributed by atoms with Gasteiger partial charge in [-0.1, -0.05) is 23.7 Å². The number of piperazine rings is 1. The number of aromatic nitrogens is 2.